The molecule has 3 aromatic rings. The molecule has 2 heterocycles. The van der Waals surface area contributed by atoms with Crippen molar-refractivity contribution in [2.75, 3.05) is 22.8 Å². The molecule has 1 amide bonds. The Morgan fingerprint density at radius 1 is 1.14 bits per heavy atom. The van der Waals surface area contributed by atoms with Gasteiger partial charge in [0.2, 0.25) is 5.88 Å². The van der Waals surface area contributed by atoms with Gasteiger partial charge in [0, 0.05) is 0 Å². The Hall–Kier alpha value is -2.85. The number of aliphatic hydroxyl groups excluding tert-OH is 1. The largest absolute Gasteiger partial charge is 0.468 e. The molecule has 1 atom stereocenters. The van der Waals surface area contributed by atoms with Gasteiger partial charge in [-0.3, -0.25) is 9.10 Å². The molecule has 0 unspecified atom stereocenters. The van der Waals surface area contributed by atoms with Gasteiger partial charge in [0.25, 0.3) is 15.9 Å². The third-order valence-corrected chi connectivity index (χ3v) is 8.30. The summed E-state index contributed by atoms with van der Waals surface area (Å²) in [5.41, 5.74) is 1.44. The fourth-order valence-corrected chi connectivity index (χ4v) is 6.07. The first-order valence-corrected chi connectivity index (χ1v) is 13.1. The van der Waals surface area contributed by atoms with Crippen LogP contribution in [0.5, 0.6) is 5.88 Å². The molecule has 1 aliphatic carbocycles. The Bertz CT molecular complexity index is 1390. The number of carbonyl (C=O) groups excluding carboxylic acids is 1. The van der Waals surface area contributed by atoms with Crippen LogP contribution in [0.1, 0.15) is 34.7 Å². The Kier molecular flexibility index (Phi) is 6.35. The number of nitrogens with zero attached hydrogens (tertiary/aromatic N) is 2. The van der Waals surface area contributed by atoms with Crippen LogP contribution in [0.25, 0.3) is 0 Å². The zero-order valence-electron chi connectivity index (χ0n) is 18.3. The Labute approximate surface area is 212 Å². The van der Waals surface area contributed by atoms with Gasteiger partial charge in [0.15, 0.2) is 0 Å². The number of amides is 1. The number of ether oxygens (including phenoxy) is 1. The molecule has 0 radical (unpaired) electrons. The predicted octanol–water partition coefficient (Wildman–Crippen LogP) is 4.47. The average molecular weight is 534 g/mol. The third-order valence-electron chi connectivity index (χ3n) is 5.89. The van der Waals surface area contributed by atoms with Gasteiger partial charge in [-0.1, -0.05) is 41.4 Å². The number of halogens is 2. The topological polar surface area (TPSA) is 109 Å². The average Bonchev–Trinajstić information content (AvgIpc) is 3.69. The summed E-state index contributed by atoms with van der Waals surface area (Å²) in [4.78, 5) is 17.2. The van der Waals surface area contributed by atoms with E-state index in [1.807, 2.05) is 6.07 Å². The zero-order chi connectivity index (χ0) is 24.7. The van der Waals surface area contributed by atoms with Crippen LogP contribution in [-0.2, 0) is 10.0 Å². The number of hydrogen-bond acceptors (Lipinski definition) is 6. The van der Waals surface area contributed by atoms with Crippen molar-refractivity contribution in [3.8, 4) is 5.88 Å². The summed E-state index contributed by atoms with van der Waals surface area (Å²) in [6, 6.07) is 13.1. The molecule has 8 nitrogen and oxygen atoms in total. The van der Waals surface area contributed by atoms with E-state index in [4.69, 9.17) is 27.9 Å². The minimum atomic E-state index is -4.01. The second kappa shape index (κ2) is 9.31. The highest BCUT2D eigenvalue weighted by Gasteiger charge is 2.36. The molecule has 1 aromatic heterocycles. The molecule has 2 aromatic carbocycles. The Morgan fingerprint density at radius 3 is 2.54 bits per heavy atom. The number of benzene rings is 2. The van der Waals surface area contributed by atoms with Crippen LogP contribution < -0.4 is 14.4 Å². The van der Waals surface area contributed by atoms with Crippen molar-refractivity contribution in [3.63, 3.8) is 0 Å². The highest BCUT2D eigenvalue weighted by atomic mass is 35.5. The maximum absolute atomic E-state index is 13.7. The second-order valence-electron chi connectivity index (χ2n) is 8.40. The van der Waals surface area contributed by atoms with E-state index in [2.05, 4.69) is 10.3 Å². The number of aliphatic hydroxyl groups is 1. The molecule has 11 heteroatoms. The van der Waals surface area contributed by atoms with E-state index in [1.165, 1.54) is 12.3 Å². The van der Waals surface area contributed by atoms with Crippen molar-refractivity contribution >= 4 is 50.5 Å². The predicted molar refractivity (Wildman–Crippen MR) is 133 cm³/mol. The van der Waals surface area contributed by atoms with Gasteiger partial charge in [-0.25, -0.2) is 13.4 Å². The molecule has 35 heavy (non-hydrogen) atoms. The summed E-state index contributed by atoms with van der Waals surface area (Å²) in [7, 11) is -4.01. The molecule has 1 saturated carbocycles. The zero-order valence-corrected chi connectivity index (χ0v) is 20.6. The van der Waals surface area contributed by atoms with Gasteiger partial charge in [-0.05, 0) is 54.7 Å². The molecule has 0 saturated heterocycles. The van der Waals surface area contributed by atoms with Crippen molar-refractivity contribution in [2.45, 2.75) is 29.8 Å². The Morgan fingerprint density at radius 2 is 1.86 bits per heavy atom. The van der Waals surface area contributed by atoms with Gasteiger partial charge in [0.1, 0.15) is 11.8 Å². The second-order valence-corrected chi connectivity index (χ2v) is 11.1. The molecular weight excluding hydrogens is 513 g/mol. The number of hydrogen-bond donors (Lipinski definition) is 2. The number of pyridine rings is 1. The van der Waals surface area contributed by atoms with Crippen LogP contribution in [0.3, 0.4) is 0 Å². The lowest BCUT2D eigenvalue weighted by Crippen LogP contribution is -2.45. The van der Waals surface area contributed by atoms with Gasteiger partial charge in [0.05, 0.1) is 45.5 Å². The van der Waals surface area contributed by atoms with Crippen LogP contribution >= 0.6 is 23.2 Å². The number of anilines is 2. The maximum atomic E-state index is 13.7. The number of fused-ring (bicyclic) bond motifs is 1. The summed E-state index contributed by atoms with van der Waals surface area (Å²) in [6.07, 6.45) is 2.62. The number of carbonyl (C=O) groups is 1. The number of aromatic nitrogens is 1. The first-order chi connectivity index (χ1) is 16.8. The van der Waals surface area contributed by atoms with E-state index in [-0.39, 0.29) is 44.3 Å². The number of sulfonamides is 1. The fraction of sp³-hybridized carbons (Fsp3) is 0.250. The van der Waals surface area contributed by atoms with Gasteiger partial charge in [-0.15, -0.1) is 0 Å². The summed E-state index contributed by atoms with van der Waals surface area (Å²) in [5, 5.41) is 12.7. The van der Waals surface area contributed by atoms with Crippen molar-refractivity contribution in [1.82, 2.24) is 4.98 Å². The van der Waals surface area contributed by atoms with Gasteiger partial charge < -0.3 is 15.2 Å². The standard InChI is InChI=1S/C24H21Cl2N3O5S/c25-19-5-2-6-20(26)22(19)23(31)28-16-10-21-24(27-11-16)34-17(13-30)12-29(21)35(32,33)18-4-1-3-15(9-18)14-7-8-14/h1-6,9-11,14,17,30H,7-8,12-13H2,(H,28,31)/t17-/m1/s1. The van der Waals surface area contributed by atoms with E-state index in [1.54, 1.807) is 36.4 Å². The lowest BCUT2D eigenvalue weighted by Gasteiger charge is -2.34. The van der Waals surface area contributed by atoms with Crippen LogP contribution in [0, 0.1) is 0 Å². The lowest BCUT2D eigenvalue weighted by molar-refractivity contribution is 0.102. The molecule has 1 aliphatic heterocycles. The summed E-state index contributed by atoms with van der Waals surface area (Å²) in [6.45, 7) is -0.506. The lowest BCUT2D eigenvalue weighted by atomic mass is 10.1. The van der Waals surface area contributed by atoms with Crippen LogP contribution in [0.15, 0.2) is 59.6 Å². The highest BCUT2D eigenvalue weighted by molar-refractivity contribution is 7.92. The quantitative estimate of drug-likeness (QED) is 0.483. The van der Waals surface area contributed by atoms with Crippen molar-refractivity contribution in [3.05, 3.63) is 75.9 Å². The van der Waals surface area contributed by atoms with Crippen molar-refractivity contribution < 1.29 is 23.1 Å². The first-order valence-electron chi connectivity index (χ1n) is 10.9. The molecule has 2 aliphatic rings. The maximum Gasteiger partial charge on any atom is 0.264 e. The molecule has 2 N–H and O–H groups in total. The molecular formula is C24H21Cl2N3O5S. The monoisotopic (exact) mass is 533 g/mol. The summed E-state index contributed by atoms with van der Waals surface area (Å²) >= 11 is 12.3. The molecule has 0 bridgehead atoms. The molecule has 5 rings (SSSR count). The van der Waals surface area contributed by atoms with Crippen molar-refractivity contribution in [1.29, 1.82) is 0 Å². The van der Waals surface area contributed by atoms with Crippen LogP contribution in [0.4, 0.5) is 11.4 Å². The minimum absolute atomic E-state index is 0.0333. The summed E-state index contributed by atoms with van der Waals surface area (Å²) < 4.78 is 34.2. The fourth-order valence-electron chi connectivity index (χ4n) is 3.96. The van der Waals surface area contributed by atoms with Crippen molar-refractivity contribution in [2.24, 2.45) is 0 Å². The van der Waals surface area contributed by atoms with E-state index in [0.29, 0.717) is 5.92 Å². The minimum Gasteiger partial charge on any atom is -0.468 e. The van der Waals surface area contributed by atoms with E-state index >= 15 is 0 Å². The van der Waals surface area contributed by atoms with E-state index in [0.717, 1.165) is 22.7 Å². The normalized spacial score (nSPS) is 17.5. The highest BCUT2D eigenvalue weighted by Crippen LogP contribution is 2.42. The number of rotatable bonds is 6. The van der Waals surface area contributed by atoms with Gasteiger partial charge >= 0.3 is 0 Å². The van der Waals surface area contributed by atoms with Crippen LogP contribution in [-0.4, -0.2) is 43.7 Å². The Balaban J connectivity index is 1.51. The summed E-state index contributed by atoms with van der Waals surface area (Å²) in [5.74, 6) is -0.155. The van der Waals surface area contributed by atoms with Crippen LogP contribution in [0.2, 0.25) is 10.0 Å². The number of nitrogens with one attached hydrogen (secondary N) is 1. The smallest absolute Gasteiger partial charge is 0.264 e. The van der Waals surface area contributed by atoms with Gasteiger partial charge in [-0.2, -0.15) is 0 Å². The SMILES string of the molecule is O=C(Nc1cnc2c(c1)N(S(=O)(=O)c1cccc(C3CC3)c1)C[C@H](CO)O2)c1c(Cl)cccc1Cl. The molecule has 182 valence electrons. The molecule has 1 fully saturated rings. The van der Waals surface area contributed by atoms with E-state index in [9.17, 15) is 18.3 Å². The first kappa shape index (κ1) is 23.9. The third kappa shape index (κ3) is 4.69. The van der Waals surface area contributed by atoms with E-state index < -0.39 is 28.6 Å². The molecule has 0 spiro atoms.